The minimum absolute atomic E-state index is 0.293. The SMILES string of the molecule is CCOc1ccc(OCc2ccc(C=O)o2)cc1. The average Bonchev–Trinajstić information content (AvgIpc) is 2.86. The molecule has 4 heteroatoms. The van der Waals surface area contributed by atoms with E-state index in [1.54, 1.807) is 12.1 Å². The van der Waals surface area contributed by atoms with Crippen LogP contribution >= 0.6 is 0 Å². The van der Waals surface area contributed by atoms with Gasteiger partial charge in [0.1, 0.15) is 23.9 Å². The lowest BCUT2D eigenvalue weighted by Gasteiger charge is -2.06. The summed E-state index contributed by atoms with van der Waals surface area (Å²) in [5.74, 6) is 2.46. The molecular weight excluding hydrogens is 232 g/mol. The van der Waals surface area contributed by atoms with E-state index in [1.807, 2.05) is 31.2 Å². The van der Waals surface area contributed by atoms with Gasteiger partial charge < -0.3 is 13.9 Å². The fourth-order valence-electron chi connectivity index (χ4n) is 1.49. The molecule has 2 aromatic rings. The number of furan rings is 1. The minimum Gasteiger partial charge on any atom is -0.494 e. The Balaban J connectivity index is 1.91. The van der Waals surface area contributed by atoms with Crippen LogP contribution in [0.15, 0.2) is 40.8 Å². The lowest BCUT2D eigenvalue weighted by atomic mass is 10.3. The lowest BCUT2D eigenvalue weighted by Crippen LogP contribution is -1.94. The maximum Gasteiger partial charge on any atom is 0.185 e. The van der Waals surface area contributed by atoms with Crippen LogP contribution in [-0.4, -0.2) is 12.9 Å². The van der Waals surface area contributed by atoms with Crippen molar-refractivity contribution in [2.75, 3.05) is 6.61 Å². The number of rotatable bonds is 6. The molecule has 0 unspecified atom stereocenters. The van der Waals surface area contributed by atoms with Crippen molar-refractivity contribution in [2.45, 2.75) is 13.5 Å². The van der Waals surface area contributed by atoms with E-state index in [0.29, 0.717) is 31.0 Å². The Morgan fingerprint density at radius 2 is 1.72 bits per heavy atom. The molecule has 0 spiro atoms. The summed E-state index contributed by atoms with van der Waals surface area (Å²) in [6.45, 7) is 2.87. The maximum atomic E-state index is 10.4. The maximum absolute atomic E-state index is 10.4. The molecule has 0 aliphatic heterocycles. The van der Waals surface area contributed by atoms with Crippen LogP contribution in [0.3, 0.4) is 0 Å². The molecule has 0 atom stereocenters. The van der Waals surface area contributed by atoms with Crippen molar-refractivity contribution >= 4 is 6.29 Å². The van der Waals surface area contributed by atoms with Gasteiger partial charge in [-0.15, -0.1) is 0 Å². The first-order valence-electron chi connectivity index (χ1n) is 5.71. The van der Waals surface area contributed by atoms with Gasteiger partial charge in [-0.3, -0.25) is 4.79 Å². The summed E-state index contributed by atoms with van der Waals surface area (Å²) >= 11 is 0. The van der Waals surface area contributed by atoms with E-state index in [-0.39, 0.29) is 0 Å². The van der Waals surface area contributed by atoms with Gasteiger partial charge in [0, 0.05) is 0 Å². The molecule has 0 aliphatic rings. The van der Waals surface area contributed by atoms with Crippen LogP contribution in [0.4, 0.5) is 0 Å². The van der Waals surface area contributed by atoms with Gasteiger partial charge in [-0.05, 0) is 43.3 Å². The number of carbonyl (C=O) groups is 1. The predicted molar refractivity (Wildman–Crippen MR) is 66.0 cm³/mol. The molecule has 1 aromatic carbocycles. The van der Waals surface area contributed by atoms with E-state index >= 15 is 0 Å². The van der Waals surface area contributed by atoms with Gasteiger partial charge in [-0.25, -0.2) is 0 Å². The molecule has 0 fully saturated rings. The molecule has 0 saturated heterocycles. The van der Waals surface area contributed by atoms with Crippen molar-refractivity contribution in [1.82, 2.24) is 0 Å². The van der Waals surface area contributed by atoms with E-state index in [4.69, 9.17) is 13.9 Å². The average molecular weight is 246 g/mol. The van der Waals surface area contributed by atoms with Gasteiger partial charge in [0.15, 0.2) is 12.0 Å². The van der Waals surface area contributed by atoms with Gasteiger partial charge in [-0.1, -0.05) is 0 Å². The zero-order chi connectivity index (χ0) is 12.8. The van der Waals surface area contributed by atoms with Gasteiger partial charge in [0.05, 0.1) is 6.61 Å². The Kier molecular flexibility index (Phi) is 4.02. The molecule has 0 saturated carbocycles. The molecule has 4 nitrogen and oxygen atoms in total. The molecule has 0 radical (unpaired) electrons. The van der Waals surface area contributed by atoms with Crippen molar-refractivity contribution in [1.29, 1.82) is 0 Å². The van der Waals surface area contributed by atoms with Gasteiger partial charge >= 0.3 is 0 Å². The normalized spacial score (nSPS) is 10.1. The topological polar surface area (TPSA) is 48.7 Å². The van der Waals surface area contributed by atoms with Gasteiger partial charge in [0.2, 0.25) is 0 Å². The Hall–Kier alpha value is -2.23. The third-order valence-corrected chi connectivity index (χ3v) is 2.31. The van der Waals surface area contributed by atoms with Gasteiger partial charge in [0.25, 0.3) is 0 Å². The second kappa shape index (κ2) is 5.91. The molecular formula is C14H14O4. The van der Waals surface area contributed by atoms with Gasteiger partial charge in [-0.2, -0.15) is 0 Å². The first-order chi connectivity index (χ1) is 8.81. The Bertz CT molecular complexity index is 499. The van der Waals surface area contributed by atoms with E-state index in [0.717, 1.165) is 11.5 Å². The van der Waals surface area contributed by atoms with Crippen molar-refractivity contribution in [3.8, 4) is 11.5 Å². The lowest BCUT2D eigenvalue weighted by molar-refractivity contribution is 0.109. The Morgan fingerprint density at radius 3 is 2.28 bits per heavy atom. The highest BCUT2D eigenvalue weighted by Crippen LogP contribution is 2.19. The third kappa shape index (κ3) is 3.13. The third-order valence-electron chi connectivity index (χ3n) is 2.31. The molecule has 0 amide bonds. The number of aldehydes is 1. The molecule has 0 aliphatic carbocycles. The van der Waals surface area contributed by atoms with Crippen LogP contribution in [0.5, 0.6) is 11.5 Å². The van der Waals surface area contributed by atoms with Crippen LogP contribution in [0.25, 0.3) is 0 Å². The summed E-state index contributed by atoms with van der Waals surface area (Å²) in [6.07, 6.45) is 0.667. The zero-order valence-electron chi connectivity index (χ0n) is 10.1. The highest BCUT2D eigenvalue weighted by molar-refractivity contribution is 5.70. The monoisotopic (exact) mass is 246 g/mol. The summed E-state index contributed by atoms with van der Waals surface area (Å²) in [5, 5.41) is 0. The highest BCUT2D eigenvalue weighted by Gasteiger charge is 2.02. The Labute approximate surface area is 105 Å². The van der Waals surface area contributed by atoms with E-state index < -0.39 is 0 Å². The molecule has 1 aromatic heterocycles. The van der Waals surface area contributed by atoms with Crippen LogP contribution in [0, 0.1) is 0 Å². The quantitative estimate of drug-likeness (QED) is 0.735. The fourth-order valence-corrected chi connectivity index (χ4v) is 1.49. The van der Waals surface area contributed by atoms with Crippen molar-refractivity contribution in [2.24, 2.45) is 0 Å². The second-order valence-corrected chi connectivity index (χ2v) is 3.62. The van der Waals surface area contributed by atoms with Crippen molar-refractivity contribution in [3.05, 3.63) is 47.9 Å². The minimum atomic E-state index is 0.293. The van der Waals surface area contributed by atoms with E-state index in [1.165, 1.54) is 0 Å². The largest absolute Gasteiger partial charge is 0.494 e. The van der Waals surface area contributed by atoms with Crippen LogP contribution in [0.1, 0.15) is 23.2 Å². The molecule has 18 heavy (non-hydrogen) atoms. The fraction of sp³-hybridized carbons (Fsp3) is 0.214. The molecule has 0 N–H and O–H groups in total. The summed E-state index contributed by atoms with van der Waals surface area (Å²) in [4.78, 5) is 10.4. The number of hydrogen-bond acceptors (Lipinski definition) is 4. The number of benzene rings is 1. The highest BCUT2D eigenvalue weighted by atomic mass is 16.5. The first-order valence-corrected chi connectivity index (χ1v) is 5.71. The number of ether oxygens (including phenoxy) is 2. The van der Waals surface area contributed by atoms with E-state index in [9.17, 15) is 4.79 Å². The predicted octanol–water partition coefficient (Wildman–Crippen LogP) is 3.07. The molecule has 2 rings (SSSR count). The van der Waals surface area contributed by atoms with Crippen LogP contribution in [0.2, 0.25) is 0 Å². The Morgan fingerprint density at radius 1 is 1.06 bits per heavy atom. The van der Waals surface area contributed by atoms with Crippen molar-refractivity contribution in [3.63, 3.8) is 0 Å². The summed E-state index contributed by atoms with van der Waals surface area (Å²) in [6, 6.07) is 10.7. The number of carbonyl (C=O) groups excluding carboxylic acids is 1. The summed E-state index contributed by atoms with van der Waals surface area (Å²) in [5.41, 5.74) is 0. The molecule has 0 bridgehead atoms. The van der Waals surface area contributed by atoms with Crippen LogP contribution < -0.4 is 9.47 Å². The van der Waals surface area contributed by atoms with Crippen molar-refractivity contribution < 1.29 is 18.7 Å². The standard InChI is InChI=1S/C14H14O4/c1-2-16-11-3-5-12(6-4-11)17-10-14-8-7-13(9-15)18-14/h3-9H,2,10H2,1H3. The summed E-state index contributed by atoms with van der Waals surface area (Å²) < 4.78 is 16.0. The summed E-state index contributed by atoms with van der Waals surface area (Å²) in [7, 11) is 0. The molecule has 94 valence electrons. The van der Waals surface area contributed by atoms with E-state index in [2.05, 4.69) is 0 Å². The zero-order valence-corrected chi connectivity index (χ0v) is 10.1. The first kappa shape index (κ1) is 12.2. The van der Waals surface area contributed by atoms with Crippen LogP contribution in [-0.2, 0) is 6.61 Å². The smallest absolute Gasteiger partial charge is 0.185 e. The molecule has 1 heterocycles. The number of hydrogen-bond donors (Lipinski definition) is 0. The second-order valence-electron chi connectivity index (χ2n) is 3.62.